The van der Waals surface area contributed by atoms with E-state index in [1.165, 1.54) is 6.07 Å². The molecule has 1 N–H and O–H groups in total. The van der Waals surface area contributed by atoms with Gasteiger partial charge in [-0.05, 0) is 37.1 Å². The summed E-state index contributed by atoms with van der Waals surface area (Å²) in [5.74, 6) is -0.404. The van der Waals surface area contributed by atoms with Crippen LogP contribution in [-0.2, 0) is 4.79 Å². The Balaban J connectivity index is 1.49. The Bertz CT molecular complexity index is 772. The Morgan fingerprint density at radius 3 is 3.04 bits per heavy atom. The highest BCUT2D eigenvalue weighted by Gasteiger charge is 2.26. The number of hydrogen-bond acceptors (Lipinski definition) is 4. The van der Waals surface area contributed by atoms with Gasteiger partial charge >= 0.3 is 0 Å². The molecule has 2 aromatic rings. The fourth-order valence-electron chi connectivity index (χ4n) is 2.74. The number of benzene rings is 1. The van der Waals surface area contributed by atoms with E-state index in [4.69, 9.17) is 16.3 Å². The highest BCUT2D eigenvalue weighted by molar-refractivity contribution is 6.31. The summed E-state index contributed by atoms with van der Waals surface area (Å²) in [7, 11) is 0. The lowest BCUT2D eigenvalue weighted by Gasteiger charge is -2.16. The Morgan fingerprint density at radius 1 is 1.44 bits per heavy atom. The van der Waals surface area contributed by atoms with Crippen LogP contribution in [-0.4, -0.2) is 41.5 Å². The number of aryl methyl sites for hydroxylation is 1. The summed E-state index contributed by atoms with van der Waals surface area (Å²) in [6.45, 7) is 3.51. The highest BCUT2D eigenvalue weighted by Crippen LogP contribution is 2.20. The summed E-state index contributed by atoms with van der Waals surface area (Å²) in [5.41, 5.74) is 1.64. The van der Waals surface area contributed by atoms with Gasteiger partial charge in [0.2, 0.25) is 17.7 Å². The van der Waals surface area contributed by atoms with E-state index in [2.05, 4.69) is 10.3 Å². The van der Waals surface area contributed by atoms with Crippen molar-refractivity contribution in [1.82, 2.24) is 9.88 Å². The highest BCUT2D eigenvalue weighted by atomic mass is 35.5. The smallest absolute Gasteiger partial charge is 0.238 e. The maximum atomic E-state index is 13.1. The Labute approximate surface area is 150 Å². The zero-order valence-corrected chi connectivity index (χ0v) is 14.6. The quantitative estimate of drug-likeness (QED) is 0.828. The first-order valence-electron chi connectivity index (χ1n) is 8.07. The molecular formula is C18H19ClFN3O2. The van der Waals surface area contributed by atoms with E-state index in [0.717, 1.165) is 18.5 Å². The van der Waals surface area contributed by atoms with E-state index in [1.807, 2.05) is 24.0 Å². The number of anilines is 1. The van der Waals surface area contributed by atoms with Crippen molar-refractivity contribution in [2.24, 2.45) is 0 Å². The van der Waals surface area contributed by atoms with Crippen molar-refractivity contribution in [1.29, 1.82) is 0 Å². The summed E-state index contributed by atoms with van der Waals surface area (Å²) in [6, 6.07) is 9.88. The van der Waals surface area contributed by atoms with E-state index >= 15 is 0 Å². The van der Waals surface area contributed by atoms with Crippen LogP contribution in [0.1, 0.15) is 12.0 Å². The number of likely N-dealkylation sites (tertiary alicyclic amines) is 1. The zero-order chi connectivity index (χ0) is 17.8. The first-order valence-corrected chi connectivity index (χ1v) is 8.45. The number of nitrogens with zero attached hydrogens (tertiary/aromatic N) is 2. The average Bonchev–Trinajstić information content (AvgIpc) is 2.98. The number of nitrogens with one attached hydrogen (secondary N) is 1. The molecule has 0 spiro atoms. The molecule has 1 atom stereocenters. The zero-order valence-electron chi connectivity index (χ0n) is 13.8. The SMILES string of the molecule is Cc1ccc(NC(=O)CN2CCC(Oc3cccc(F)n3)C2)cc1Cl. The fourth-order valence-corrected chi connectivity index (χ4v) is 2.92. The molecule has 25 heavy (non-hydrogen) atoms. The third kappa shape index (κ3) is 4.90. The monoisotopic (exact) mass is 363 g/mol. The molecular weight excluding hydrogens is 345 g/mol. The van der Waals surface area contributed by atoms with E-state index in [9.17, 15) is 9.18 Å². The van der Waals surface area contributed by atoms with Gasteiger partial charge in [0, 0.05) is 29.9 Å². The third-order valence-electron chi connectivity index (χ3n) is 4.03. The Hall–Kier alpha value is -2.18. The van der Waals surface area contributed by atoms with E-state index in [-0.39, 0.29) is 24.4 Å². The number of carbonyl (C=O) groups is 1. The normalized spacial score (nSPS) is 17.5. The molecule has 1 aliphatic heterocycles. The van der Waals surface area contributed by atoms with Crippen LogP contribution >= 0.6 is 11.6 Å². The van der Waals surface area contributed by atoms with Crippen LogP contribution in [0, 0.1) is 12.9 Å². The minimum atomic E-state index is -0.566. The molecule has 1 aliphatic rings. The van der Waals surface area contributed by atoms with Crippen molar-refractivity contribution in [3.8, 4) is 5.88 Å². The second-order valence-corrected chi connectivity index (χ2v) is 6.48. The molecule has 1 saturated heterocycles. The molecule has 5 nitrogen and oxygen atoms in total. The maximum absolute atomic E-state index is 13.1. The second kappa shape index (κ2) is 7.80. The van der Waals surface area contributed by atoms with Crippen molar-refractivity contribution in [2.45, 2.75) is 19.4 Å². The Morgan fingerprint density at radius 2 is 2.28 bits per heavy atom. The molecule has 3 rings (SSSR count). The van der Waals surface area contributed by atoms with Crippen molar-refractivity contribution in [2.75, 3.05) is 25.0 Å². The minimum absolute atomic E-state index is 0.101. The summed E-state index contributed by atoms with van der Waals surface area (Å²) < 4.78 is 18.8. The van der Waals surface area contributed by atoms with Gasteiger partial charge in [-0.25, -0.2) is 0 Å². The number of rotatable bonds is 5. The largest absolute Gasteiger partial charge is 0.473 e. The number of aromatic nitrogens is 1. The molecule has 0 aliphatic carbocycles. The molecule has 1 unspecified atom stereocenters. The fraction of sp³-hybridized carbons (Fsp3) is 0.333. The number of amides is 1. The van der Waals surface area contributed by atoms with Crippen molar-refractivity contribution >= 4 is 23.2 Å². The van der Waals surface area contributed by atoms with Crippen LogP contribution in [0.4, 0.5) is 10.1 Å². The van der Waals surface area contributed by atoms with Gasteiger partial charge in [0.05, 0.1) is 6.54 Å². The predicted octanol–water partition coefficient (Wildman–Crippen LogP) is 3.27. The van der Waals surface area contributed by atoms with Crippen molar-refractivity contribution < 1.29 is 13.9 Å². The van der Waals surface area contributed by atoms with Crippen LogP contribution in [0.3, 0.4) is 0 Å². The molecule has 0 saturated carbocycles. The summed E-state index contributed by atoms with van der Waals surface area (Å²) in [6.07, 6.45) is 0.665. The summed E-state index contributed by atoms with van der Waals surface area (Å²) in [4.78, 5) is 17.9. The number of halogens is 2. The lowest BCUT2D eigenvalue weighted by molar-refractivity contribution is -0.117. The molecule has 1 aromatic carbocycles. The number of pyridine rings is 1. The van der Waals surface area contributed by atoms with Crippen LogP contribution < -0.4 is 10.1 Å². The van der Waals surface area contributed by atoms with Gasteiger partial charge in [-0.1, -0.05) is 23.7 Å². The molecule has 7 heteroatoms. The van der Waals surface area contributed by atoms with Crippen LogP contribution in [0.5, 0.6) is 5.88 Å². The van der Waals surface area contributed by atoms with E-state index in [1.54, 1.807) is 18.2 Å². The topological polar surface area (TPSA) is 54.5 Å². The predicted molar refractivity (Wildman–Crippen MR) is 94.5 cm³/mol. The van der Waals surface area contributed by atoms with Gasteiger partial charge in [-0.15, -0.1) is 0 Å². The minimum Gasteiger partial charge on any atom is -0.473 e. The summed E-state index contributed by atoms with van der Waals surface area (Å²) in [5, 5.41) is 3.46. The molecule has 0 radical (unpaired) electrons. The van der Waals surface area contributed by atoms with Gasteiger partial charge in [0.15, 0.2) is 0 Å². The molecule has 2 heterocycles. The summed E-state index contributed by atoms with van der Waals surface area (Å²) >= 11 is 6.06. The average molecular weight is 364 g/mol. The number of carbonyl (C=O) groups excluding carboxylic acids is 1. The second-order valence-electron chi connectivity index (χ2n) is 6.07. The van der Waals surface area contributed by atoms with Gasteiger partial charge in [0.25, 0.3) is 0 Å². The molecule has 1 fully saturated rings. The molecule has 132 valence electrons. The van der Waals surface area contributed by atoms with Crippen LogP contribution in [0.2, 0.25) is 5.02 Å². The lowest BCUT2D eigenvalue weighted by Crippen LogP contribution is -2.33. The standard InChI is InChI=1S/C18H19ClFN3O2/c1-12-5-6-13(9-15(12)19)21-17(24)11-23-8-7-14(10-23)25-18-4-2-3-16(20)22-18/h2-6,9,14H,7-8,10-11H2,1H3,(H,21,24). The van der Waals surface area contributed by atoms with Gasteiger partial charge < -0.3 is 10.1 Å². The maximum Gasteiger partial charge on any atom is 0.238 e. The lowest BCUT2D eigenvalue weighted by atomic mass is 10.2. The van der Waals surface area contributed by atoms with Gasteiger partial charge in [0.1, 0.15) is 6.10 Å². The van der Waals surface area contributed by atoms with Crippen molar-refractivity contribution in [3.05, 3.63) is 52.9 Å². The van der Waals surface area contributed by atoms with Gasteiger partial charge in [-0.3, -0.25) is 9.69 Å². The van der Waals surface area contributed by atoms with Crippen molar-refractivity contribution in [3.63, 3.8) is 0 Å². The third-order valence-corrected chi connectivity index (χ3v) is 4.44. The van der Waals surface area contributed by atoms with Gasteiger partial charge in [-0.2, -0.15) is 9.37 Å². The van der Waals surface area contributed by atoms with E-state index < -0.39 is 5.95 Å². The molecule has 1 amide bonds. The number of ether oxygens (including phenoxy) is 1. The Kier molecular flexibility index (Phi) is 5.50. The first kappa shape index (κ1) is 17.6. The number of hydrogen-bond donors (Lipinski definition) is 1. The van der Waals surface area contributed by atoms with Crippen LogP contribution in [0.15, 0.2) is 36.4 Å². The van der Waals surface area contributed by atoms with E-state index in [0.29, 0.717) is 17.3 Å². The molecule has 1 aromatic heterocycles. The molecule has 0 bridgehead atoms. The van der Waals surface area contributed by atoms with Crippen LogP contribution in [0.25, 0.3) is 0 Å². The first-order chi connectivity index (χ1) is 12.0.